The standard InChI is InChI=1S/C17H24FN3O2.C2HF3O2/c1-20(2)16(22)19-10-17-11-21(8-14(17)9-23-12-17)7-13-4-3-5-15(18)6-13;3-2(4,5)1(6)7/h3-6,14H,7-12H2,1-2H3,(H,19,22);(H,6,7)/t14-,17+;/m1./s1. The van der Waals surface area contributed by atoms with Gasteiger partial charge in [0.15, 0.2) is 0 Å². The first-order valence-corrected chi connectivity index (χ1v) is 9.23. The second kappa shape index (κ2) is 9.61. The molecule has 2 aliphatic heterocycles. The molecule has 0 radical (unpaired) electrons. The van der Waals surface area contributed by atoms with Crippen LogP contribution in [-0.4, -0.2) is 80.0 Å². The number of likely N-dealkylation sites (tertiary alicyclic amines) is 1. The van der Waals surface area contributed by atoms with Crippen LogP contribution in [0, 0.1) is 17.2 Å². The molecule has 2 amide bonds. The molecule has 1 aromatic rings. The average molecular weight is 435 g/mol. The quantitative estimate of drug-likeness (QED) is 0.709. The number of nitrogens with zero attached hydrogens (tertiary/aromatic N) is 2. The summed E-state index contributed by atoms with van der Waals surface area (Å²) in [5, 5.41) is 10.1. The van der Waals surface area contributed by atoms with Crippen molar-refractivity contribution in [2.45, 2.75) is 12.7 Å². The van der Waals surface area contributed by atoms with Crippen LogP contribution in [0.15, 0.2) is 24.3 Å². The molecule has 3 rings (SSSR count). The molecular weight excluding hydrogens is 410 g/mol. The lowest BCUT2D eigenvalue weighted by molar-refractivity contribution is -0.192. The lowest BCUT2D eigenvalue weighted by Gasteiger charge is -2.28. The molecule has 0 spiro atoms. The van der Waals surface area contributed by atoms with Gasteiger partial charge in [-0.2, -0.15) is 13.2 Å². The van der Waals surface area contributed by atoms with E-state index < -0.39 is 12.1 Å². The van der Waals surface area contributed by atoms with E-state index in [0.717, 1.165) is 31.8 Å². The van der Waals surface area contributed by atoms with Crippen molar-refractivity contribution in [3.63, 3.8) is 0 Å². The first kappa shape index (κ1) is 23.9. The first-order valence-electron chi connectivity index (χ1n) is 9.23. The number of carbonyl (C=O) groups excluding carboxylic acids is 1. The molecule has 2 N–H and O–H groups in total. The molecule has 0 aromatic heterocycles. The smallest absolute Gasteiger partial charge is 0.475 e. The zero-order valence-corrected chi connectivity index (χ0v) is 16.7. The second-order valence-corrected chi connectivity index (χ2v) is 7.73. The minimum atomic E-state index is -5.08. The number of rotatable bonds is 4. The summed E-state index contributed by atoms with van der Waals surface area (Å²) in [5.41, 5.74) is 0.956. The van der Waals surface area contributed by atoms with Gasteiger partial charge in [0, 0.05) is 51.6 Å². The summed E-state index contributed by atoms with van der Waals surface area (Å²) in [6.45, 7) is 4.55. The predicted octanol–water partition coefficient (Wildman–Crippen LogP) is 2.18. The number of benzene rings is 1. The van der Waals surface area contributed by atoms with Gasteiger partial charge in [-0.25, -0.2) is 14.0 Å². The maximum absolute atomic E-state index is 13.3. The van der Waals surface area contributed by atoms with E-state index in [4.69, 9.17) is 14.6 Å². The number of nitrogens with one attached hydrogen (secondary N) is 1. The Morgan fingerprint density at radius 3 is 2.60 bits per heavy atom. The number of halogens is 4. The summed E-state index contributed by atoms with van der Waals surface area (Å²) >= 11 is 0. The Morgan fingerprint density at radius 1 is 1.37 bits per heavy atom. The maximum Gasteiger partial charge on any atom is 0.490 e. The molecule has 0 bridgehead atoms. The Kier molecular flexibility index (Phi) is 7.64. The monoisotopic (exact) mass is 435 g/mol. The van der Waals surface area contributed by atoms with Crippen LogP contribution >= 0.6 is 0 Å². The van der Waals surface area contributed by atoms with Crippen LogP contribution in [0.25, 0.3) is 0 Å². The van der Waals surface area contributed by atoms with E-state index in [2.05, 4.69) is 10.2 Å². The van der Waals surface area contributed by atoms with Crippen LogP contribution in [0.1, 0.15) is 5.56 Å². The Labute approximate surface area is 171 Å². The molecular formula is C19H25F4N3O4. The van der Waals surface area contributed by atoms with Gasteiger partial charge in [0.2, 0.25) is 0 Å². The van der Waals surface area contributed by atoms with Gasteiger partial charge < -0.3 is 20.1 Å². The van der Waals surface area contributed by atoms with Gasteiger partial charge in [0.05, 0.1) is 13.2 Å². The molecule has 0 aliphatic carbocycles. The van der Waals surface area contributed by atoms with Crippen molar-refractivity contribution in [1.29, 1.82) is 0 Å². The molecule has 2 fully saturated rings. The van der Waals surface area contributed by atoms with Gasteiger partial charge in [-0.1, -0.05) is 12.1 Å². The van der Waals surface area contributed by atoms with E-state index in [1.807, 2.05) is 6.07 Å². The summed E-state index contributed by atoms with van der Waals surface area (Å²) in [7, 11) is 3.47. The molecule has 30 heavy (non-hydrogen) atoms. The molecule has 2 atom stereocenters. The van der Waals surface area contributed by atoms with Crippen LogP contribution < -0.4 is 5.32 Å². The van der Waals surface area contributed by atoms with Crippen molar-refractivity contribution in [1.82, 2.24) is 15.1 Å². The highest BCUT2D eigenvalue weighted by molar-refractivity contribution is 5.73. The predicted molar refractivity (Wildman–Crippen MR) is 99.2 cm³/mol. The molecule has 0 unspecified atom stereocenters. The SMILES string of the molecule is CN(C)C(=O)NC[C@]12COC[C@H]1CN(Cc1cccc(F)c1)C2.O=C(O)C(F)(F)F. The Bertz CT molecular complexity index is 760. The minimum Gasteiger partial charge on any atom is -0.475 e. The van der Waals surface area contributed by atoms with Gasteiger partial charge in [0.1, 0.15) is 5.82 Å². The fourth-order valence-electron chi connectivity index (χ4n) is 3.62. The van der Waals surface area contributed by atoms with E-state index in [9.17, 15) is 22.4 Å². The zero-order valence-electron chi connectivity index (χ0n) is 16.7. The Balaban J connectivity index is 0.000000396. The number of ether oxygens (including phenoxy) is 1. The fraction of sp³-hybridized carbons (Fsp3) is 0.579. The average Bonchev–Trinajstić information content (AvgIpc) is 3.16. The number of carbonyl (C=O) groups is 2. The summed E-state index contributed by atoms with van der Waals surface area (Å²) in [5.74, 6) is -2.54. The van der Waals surface area contributed by atoms with Crippen molar-refractivity contribution in [3.05, 3.63) is 35.6 Å². The van der Waals surface area contributed by atoms with Crippen LogP contribution in [0.5, 0.6) is 0 Å². The second-order valence-electron chi connectivity index (χ2n) is 7.73. The fourth-order valence-corrected chi connectivity index (χ4v) is 3.62. The Morgan fingerprint density at radius 2 is 2.03 bits per heavy atom. The van der Waals surface area contributed by atoms with Crippen LogP contribution in [-0.2, 0) is 16.1 Å². The van der Waals surface area contributed by atoms with Gasteiger partial charge >= 0.3 is 18.2 Å². The summed E-state index contributed by atoms with van der Waals surface area (Å²) in [4.78, 5) is 24.6. The van der Waals surface area contributed by atoms with Crippen LogP contribution in [0.2, 0.25) is 0 Å². The molecule has 168 valence electrons. The number of carboxylic acids is 1. The highest BCUT2D eigenvalue weighted by atomic mass is 19.4. The number of fused-ring (bicyclic) bond motifs is 1. The van der Waals surface area contributed by atoms with Gasteiger partial charge in [-0.05, 0) is 17.7 Å². The van der Waals surface area contributed by atoms with E-state index in [0.29, 0.717) is 19.1 Å². The number of carboxylic acid groups (broad SMARTS) is 1. The zero-order chi connectivity index (χ0) is 22.5. The van der Waals surface area contributed by atoms with Crippen molar-refractivity contribution in [2.24, 2.45) is 11.3 Å². The molecule has 2 saturated heterocycles. The Hall–Kier alpha value is -2.40. The third kappa shape index (κ3) is 6.30. The maximum atomic E-state index is 13.3. The van der Waals surface area contributed by atoms with Crippen LogP contribution in [0.3, 0.4) is 0 Å². The number of hydrogen-bond donors (Lipinski definition) is 2. The summed E-state index contributed by atoms with van der Waals surface area (Å²) in [6, 6.07) is 6.68. The van der Waals surface area contributed by atoms with Crippen molar-refractivity contribution in [2.75, 3.05) is 46.9 Å². The third-order valence-corrected chi connectivity index (χ3v) is 5.13. The molecule has 2 aliphatic rings. The molecule has 0 saturated carbocycles. The van der Waals surface area contributed by atoms with Gasteiger partial charge in [0.25, 0.3) is 0 Å². The van der Waals surface area contributed by atoms with Gasteiger partial charge in [-0.3, -0.25) is 4.90 Å². The number of alkyl halides is 3. The van der Waals surface area contributed by atoms with Crippen molar-refractivity contribution in [3.8, 4) is 0 Å². The molecule has 11 heteroatoms. The molecule has 1 aromatic carbocycles. The van der Waals surface area contributed by atoms with E-state index >= 15 is 0 Å². The molecule has 7 nitrogen and oxygen atoms in total. The minimum absolute atomic E-state index is 0.0288. The summed E-state index contributed by atoms with van der Waals surface area (Å²) < 4.78 is 50.8. The van der Waals surface area contributed by atoms with Crippen LogP contribution in [0.4, 0.5) is 22.4 Å². The number of urea groups is 1. The van der Waals surface area contributed by atoms with E-state index in [-0.39, 0.29) is 17.3 Å². The van der Waals surface area contributed by atoms with E-state index in [1.165, 1.54) is 6.07 Å². The normalized spacial score (nSPS) is 23.3. The first-order chi connectivity index (χ1) is 13.9. The highest BCUT2D eigenvalue weighted by Crippen LogP contribution is 2.41. The lowest BCUT2D eigenvalue weighted by Crippen LogP contribution is -2.45. The lowest BCUT2D eigenvalue weighted by atomic mass is 9.81. The topological polar surface area (TPSA) is 82.1 Å². The van der Waals surface area contributed by atoms with Crippen molar-refractivity contribution >= 4 is 12.0 Å². The van der Waals surface area contributed by atoms with Crippen molar-refractivity contribution < 1.29 is 37.0 Å². The van der Waals surface area contributed by atoms with E-state index in [1.54, 1.807) is 31.1 Å². The number of hydrogen-bond acceptors (Lipinski definition) is 4. The summed E-state index contributed by atoms with van der Waals surface area (Å²) in [6.07, 6.45) is -5.08. The largest absolute Gasteiger partial charge is 0.490 e. The molecule has 2 heterocycles. The highest BCUT2D eigenvalue weighted by Gasteiger charge is 2.50. The third-order valence-electron chi connectivity index (χ3n) is 5.13. The number of amides is 2. The van der Waals surface area contributed by atoms with Gasteiger partial charge in [-0.15, -0.1) is 0 Å². The number of aliphatic carboxylic acids is 1.